The van der Waals surface area contributed by atoms with E-state index in [2.05, 4.69) is 5.32 Å². The number of benzene rings is 2. The second-order valence-electron chi connectivity index (χ2n) is 4.77. The van der Waals surface area contributed by atoms with Crippen LogP contribution >= 0.6 is 23.2 Å². The first-order chi connectivity index (χ1) is 9.58. The minimum absolute atomic E-state index is 0.160. The molecule has 0 fully saturated rings. The molecule has 0 bridgehead atoms. The molecular formula is C16H16Cl2FN. The first-order valence-electron chi connectivity index (χ1n) is 6.44. The summed E-state index contributed by atoms with van der Waals surface area (Å²) in [5.74, 6) is -0.370. The smallest absolute Gasteiger partial charge is 0.142 e. The molecule has 0 saturated carbocycles. The maximum absolute atomic E-state index is 13.4. The van der Waals surface area contributed by atoms with Crippen molar-refractivity contribution in [2.45, 2.75) is 18.9 Å². The number of halogens is 3. The third-order valence-electron chi connectivity index (χ3n) is 3.27. The van der Waals surface area contributed by atoms with E-state index in [4.69, 9.17) is 23.2 Å². The van der Waals surface area contributed by atoms with Crippen LogP contribution < -0.4 is 5.32 Å². The van der Waals surface area contributed by atoms with Gasteiger partial charge in [0.05, 0.1) is 5.02 Å². The van der Waals surface area contributed by atoms with Gasteiger partial charge in [-0.3, -0.25) is 0 Å². The maximum Gasteiger partial charge on any atom is 0.142 e. The van der Waals surface area contributed by atoms with Crippen molar-refractivity contribution in [3.05, 3.63) is 69.5 Å². The average molecular weight is 312 g/mol. The Balaban J connectivity index is 2.04. The van der Waals surface area contributed by atoms with E-state index < -0.39 is 0 Å². The zero-order valence-corrected chi connectivity index (χ0v) is 12.7. The lowest BCUT2D eigenvalue weighted by Gasteiger charge is -2.16. The molecule has 2 aromatic rings. The Kier molecular flexibility index (Phi) is 5.41. The Morgan fingerprint density at radius 3 is 2.20 bits per heavy atom. The van der Waals surface area contributed by atoms with Crippen LogP contribution in [0.2, 0.25) is 10.0 Å². The van der Waals surface area contributed by atoms with Gasteiger partial charge in [0.1, 0.15) is 5.82 Å². The van der Waals surface area contributed by atoms with Crippen molar-refractivity contribution in [3.8, 4) is 0 Å². The van der Waals surface area contributed by atoms with Gasteiger partial charge in [-0.25, -0.2) is 4.39 Å². The normalized spacial score (nSPS) is 12.4. The summed E-state index contributed by atoms with van der Waals surface area (Å²) < 4.78 is 13.4. The van der Waals surface area contributed by atoms with Gasteiger partial charge in [0, 0.05) is 11.1 Å². The zero-order chi connectivity index (χ0) is 14.5. The summed E-state index contributed by atoms with van der Waals surface area (Å²) in [6.07, 6.45) is 1.60. The topological polar surface area (TPSA) is 12.0 Å². The molecule has 0 heterocycles. The number of rotatable bonds is 5. The molecule has 0 aliphatic carbocycles. The fourth-order valence-corrected chi connectivity index (χ4v) is 2.38. The van der Waals surface area contributed by atoms with Crippen LogP contribution in [0.3, 0.4) is 0 Å². The summed E-state index contributed by atoms with van der Waals surface area (Å²) in [6, 6.07) is 13.0. The van der Waals surface area contributed by atoms with Crippen LogP contribution in [0.5, 0.6) is 0 Å². The van der Waals surface area contributed by atoms with Gasteiger partial charge >= 0.3 is 0 Å². The molecule has 2 rings (SSSR count). The predicted molar refractivity (Wildman–Crippen MR) is 83.1 cm³/mol. The molecule has 2 aromatic carbocycles. The molecule has 0 saturated heterocycles. The first-order valence-corrected chi connectivity index (χ1v) is 7.19. The van der Waals surface area contributed by atoms with Gasteiger partial charge in [-0.1, -0.05) is 41.4 Å². The molecule has 0 amide bonds. The summed E-state index contributed by atoms with van der Waals surface area (Å²) in [5.41, 5.74) is 2.13. The quantitative estimate of drug-likeness (QED) is 0.857. The third kappa shape index (κ3) is 4.20. The molecule has 1 N–H and O–H groups in total. The van der Waals surface area contributed by atoms with Crippen LogP contribution in [0.15, 0.2) is 42.5 Å². The van der Waals surface area contributed by atoms with Crippen LogP contribution in [0, 0.1) is 5.82 Å². The van der Waals surface area contributed by atoms with E-state index in [1.807, 2.05) is 37.4 Å². The van der Waals surface area contributed by atoms with Crippen molar-refractivity contribution >= 4 is 23.2 Å². The number of nitrogens with one attached hydrogen (secondary N) is 1. The highest BCUT2D eigenvalue weighted by molar-refractivity contribution is 6.30. The fourth-order valence-electron chi connectivity index (χ4n) is 2.13. The SMILES string of the molecule is CNC(Cc1ccc(Cl)cc1)Cc1ccc(Cl)c(F)c1. The van der Waals surface area contributed by atoms with E-state index in [1.54, 1.807) is 6.07 Å². The second-order valence-corrected chi connectivity index (χ2v) is 5.61. The molecule has 0 radical (unpaired) electrons. The summed E-state index contributed by atoms with van der Waals surface area (Å²) in [7, 11) is 1.91. The Morgan fingerprint density at radius 1 is 1.00 bits per heavy atom. The van der Waals surface area contributed by atoms with Crippen molar-refractivity contribution in [1.82, 2.24) is 5.32 Å². The molecule has 1 atom stereocenters. The van der Waals surface area contributed by atoms with Gasteiger partial charge in [-0.15, -0.1) is 0 Å². The first kappa shape index (κ1) is 15.3. The van der Waals surface area contributed by atoms with Gasteiger partial charge in [0.15, 0.2) is 0 Å². The highest BCUT2D eigenvalue weighted by Crippen LogP contribution is 2.18. The van der Waals surface area contributed by atoms with Crippen molar-refractivity contribution in [2.75, 3.05) is 7.05 Å². The summed E-state index contributed by atoms with van der Waals surface area (Å²) in [5, 5.41) is 4.15. The van der Waals surface area contributed by atoms with Gasteiger partial charge in [-0.05, 0) is 55.3 Å². The molecule has 1 unspecified atom stereocenters. The highest BCUT2D eigenvalue weighted by Gasteiger charge is 2.10. The van der Waals surface area contributed by atoms with E-state index in [9.17, 15) is 4.39 Å². The minimum Gasteiger partial charge on any atom is -0.316 e. The Labute approximate surface area is 128 Å². The number of hydrogen-bond acceptors (Lipinski definition) is 1. The van der Waals surface area contributed by atoms with Gasteiger partial charge in [-0.2, -0.15) is 0 Å². The highest BCUT2D eigenvalue weighted by atomic mass is 35.5. The zero-order valence-electron chi connectivity index (χ0n) is 11.2. The molecule has 0 spiro atoms. The molecule has 0 aliphatic rings. The van der Waals surface area contributed by atoms with Crippen molar-refractivity contribution in [2.24, 2.45) is 0 Å². The Hall–Kier alpha value is -1.09. The predicted octanol–water partition coefficient (Wildman–Crippen LogP) is 4.51. The van der Waals surface area contributed by atoms with Crippen LogP contribution in [0.4, 0.5) is 4.39 Å². The lowest BCUT2D eigenvalue weighted by Crippen LogP contribution is -2.29. The molecule has 0 aliphatic heterocycles. The van der Waals surface area contributed by atoms with E-state index in [-0.39, 0.29) is 16.9 Å². The Bertz CT molecular complexity index is 569. The molecule has 1 nitrogen and oxygen atoms in total. The van der Waals surface area contributed by atoms with Crippen LogP contribution in [-0.4, -0.2) is 13.1 Å². The molecule has 4 heteroatoms. The monoisotopic (exact) mass is 311 g/mol. The average Bonchev–Trinajstić information content (AvgIpc) is 2.44. The lowest BCUT2D eigenvalue weighted by atomic mass is 9.99. The van der Waals surface area contributed by atoms with Crippen molar-refractivity contribution in [1.29, 1.82) is 0 Å². The van der Waals surface area contributed by atoms with Crippen LogP contribution in [-0.2, 0) is 12.8 Å². The van der Waals surface area contributed by atoms with E-state index in [0.29, 0.717) is 0 Å². The maximum atomic E-state index is 13.4. The van der Waals surface area contributed by atoms with Crippen molar-refractivity contribution in [3.63, 3.8) is 0 Å². The summed E-state index contributed by atoms with van der Waals surface area (Å²) in [4.78, 5) is 0. The van der Waals surface area contributed by atoms with Gasteiger partial charge in [0.25, 0.3) is 0 Å². The second kappa shape index (κ2) is 7.07. The number of likely N-dealkylation sites (N-methyl/N-ethyl adjacent to an activating group) is 1. The molecule has 106 valence electrons. The van der Waals surface area contributed by atoms with E-state index >= 15 is 0 Å². The third-order valence-corrected chi connectivity index (χ3v) is 3.83. The number of hydrogen-bond donors (Lipinski definition) is 1. The summed E-state index contributed by atoms with van der Waals surface area (Å²) >= 11 is 11.6. The van der Waals surface area contributed by atoms with Gasteiger partial charge < -0.3 is 5.32 Å². The molecule has 0 aromatic heterocycles. The molecule has 20 heavy (non-hydrogen) atoms. The van der Waals surface area contributed by atoms with E-state index in [0.717, 1.165) is 23.4 Å². The van der Waals surface area contributed by atoms with E-state index in [1.165, 1.54) is 11.6 Å². The van der Waals surface area contributed by atoms with Crippen molar-refractivity contribution < 1.29 is 4.39 Å². The van der Waals surface area contributed by atoms with Gasteiger partial charge in [0.2, 0.25) is 0 Å². The Morgan fingerprint density at radius 2 is 1.60 bits per heavy atom. The standard InChI is InChI=1S/C16H16Cl2FN/c1-20-14(8-11-2-5-13(17)6-3-11)9-12-4-7-15(18)16(19)10-12/h2-7,10,14,20H,8-9H2,1H3. The largest absolute Gasteiger partial charge is 0.316 e. The molecular weight excluding hydrogens is 296 g/mol. The minimum atomic E-state index is -0.370. The fraction of sp³-hybridized carbons (Fsp3) is 0.250. The van der Waals surface area contributed by atoms with Crippen LogP contribution in [0.1, 0.15) is 11.1 Å². The van der Waals surface area contributed by atoms with Crippen LogP contribution in [0.25, 0.3) is 0 Å². The summed E-state index contributed by atoms with van der Waals surface area (Å²) in [6.45, 7) is 0. The lowest BCUT2D eigenvalue weighted by molar-refractivity contribution is 0.553.